The van der Waals surface area contributed by atoms with Gasteiger partial charge in [-0.1, -0.05) is 25.6 Å². The summed E-state index contributed by atoms with van der Waals surface area (Å²) in [5, 5.41) is 10.2. The molecule has 0 unspecified atom stereocenters. The quantitative estimate of drug-likeness (QED) is 0.354. The molecule has 6 heteroatoms. The van der Waals surface area contributed by atoms with Crippen molar-refractivity contribution in [3.63, 3.8) is 0 Å². The molecule has 1 aliphatic heterocycles. The van der Waals surface area contributed by atoms with E-state index in [1.807, 2.05) is 36.5 Å². The number of pyridine rings is 1. The highest BCUT2D eigenvalue weighted by atomic mass is 19.1. The van der Waals surface area contributed by atoms with E-state index in [0.717, 1.165) is 78.9 Å². The number of aromatic nitrogens is 1. The molecule has 2 aliphatic rings. The minimum atomic E-state index is -0.268. The highest BCUT2D eigenvalue weighted by Gasteiger charge is 2.25. The lowest BCUT2D eigenvalue weighted by Crippen LogP contribution is -2.26. The highest BCUT2D eigenvalue weighted by molar-refractivity contribution is 6.00. The number of phenols is 1. The number of allylic oxidation sites excluding steroid dienone is 1. The molecular weight excluding hydrogens is 479 g/mol. The van der Waals surface area contributed by atoms with E-state index >= 15 is 0 Å². The maximum atomic E-state index is 12.5. The predicted molar refractivity (Wildman–Crippen MR) is 152 cm³/mol. The van der Waals surface area contributed by atoms with Crippen LogP contribution in [0.1, 0.15) is 60.9 Å². The summed E-state index contributed by atoms with van der Waals surface area (Å²) in [4.78, 5) is 6.79. The lowest BCUT2D eigenvalue weighted by Gasteiger charge is -2.19. The van der Waals surface area contributed by atoms with E-state index in [9.17, 15) is 9.50 Å². The van der Waals surface area contributed by atoms with Crippen LogP contribution in [-0.2, 0) is 6.42 Å². The van der Waals surface area contributed by atoms with E-state index in [-0.39, 0.29) is 20.2 Å². The number of benzene rings is 2. The smallest absolute Gasteiger partial charge is 0.213 e. The van der Waals surface area contributed by atoms with Crippen LogP contribution in [0.15, 0.2) is 54.7 Å². The van der Waals surface area contributed by atoms with Crippen molar-refractivity contribution in [2.45, 2.75) is 52.6 Å². The molecule has 0 amide bonds. The Morgan fingerprint density at radius 2 is 1.89 bits per heavy atom. The van der Waals surface area contributed by atoms with Crippen LogP contribution in [-0.4, -0.2) is 54.5 Å². The molecule has 0 spiro atoms. The molecule has 0 radical (unpaired) electrons. The van der Waals surface area contributed by atoms with Crippen molar-refractivity contribution < 1.29 is 19.0 Å². The molecular formula is C32H39FN2O3. The zero-order valence-corrected chi connectivity index (χ0v) is 21.7. The fraction of sp³-hybridized carbons (Fsp3) is 0.406. The van der Waals surface area contributed by atoms with Gasteiger partial charge in [-0.15, -0.1) is 0 Å². The Morgan fingerprint density at radius 1 is 1.08 bits per heavy atom. The third-order valence-electron chi connectivity index (χ3n) is 7.44. The van der Waals surface area contributed by atoms with Gasteiger partial charge in [-0.3, -0.25) is 9.29 Å². The van der Waals surface area contributed by atoms with Crippen molar-refractivity contribution >= 4 is 11.1 Å². The molecule has 38 heavy (non-hydrogen) atoms. The third kappa shape index (κ3) is 6.02. The molecule has 1 atom stereocenters. The van der Waals surface area contributed by atoms with E-state index in [4.69, 9.17) is 9.47 Å². The average molecular weight is 519 g/mol. The second-order valence-electron chi connectivity index (χ2n) is 9.99. The van der Waals surface area contributed by atoms with Gasteiger partial charge in [0.05, 0.1) is 13.8 Å². The summed E-state index contributed by atoms with van der Waals surface area (Å²) >= 11 is 0. The van der Waals surface area contributed by atoms with Crippen molar-refractivity contribution in [2.75, 3.05) is 33.4 Å². The number of fused-ring (bicyclic) bond motifs is 1. The van der Waals surface area contributed by atoms with Crippen LogP contribution in [0.2, 0.25) is 0 Å². The summed E-state index contributed by atoms with van der Waals surface area (Å²) in [6, 6.07) is 16.0. The fourth-order valence-electron chi connectivity index (χ4n) is 5.60. The molecule has 0 bridgehead atoms. The SMILES string of the molecule is C.COc1cc(C)c(C2=C(c3ccc(O[C@H]4CCN(CCCF)C4)cc3)c3ccc(O)cc3CCC2)cn1. The summed E-state index contributed by atoms with van der Waals surface area (Å²) in [5.74, 6) is 1.76. The van der Waals surface area contributed by atoms with Gasteiger partial charge >= 0.3 is 0 Å². The maximum absolute atomic E-state index is 12.5. The predicted octanol–water partition coefficient (Wildman–Crippen LogP) is 6.85. The Hall–Kier alpha value is -3.38. The number of nitrogens with zero attached hydrogens (tertiary/aromatic N) is 2. The first kappa shape index (κ1) is 27.6. The first-order valence-corrected chi connectivity index (χ1v) is 13.2. The van der Waals surface area contributed by atoms with Crippen LogP contribution >= 0.6 is 0 Å². The van der Waals surface area contributed by atoms with Crippen LogP contribution < -0.4 is 9.47 Å². The van der Waals surface area contributed by atoms with Gasteiger partial charge in [0.2, 0.25) is 5.88 Å². The summed E-state index contributed by atoms with van der Waals surface area (Å²) in [7, 11) is 1.64. The number of ether oxygens (including phenoxy) is 2. The minimum absolute atomic E-state index is 0. The molecule has 1 N–H and O–H groups in total. The standard InChI is InChI=1S/C31H35FN2O3.CH4/c1-21-17-30(36-2)33-19-29(21)28-6-3-5-23-18-24(35)9-12-27(23)31(28)22-7-10-25(11-8-22)37-26-13-16-34(20-26)15-4-14-32;/h7-12,17-19,26,35H,3-6,13-16,20H2,1-2H3;1H4/t26-;/m0./s1. The maximum Gasteiger partial charge on any atom is 0.213 e. The van der Waals surface area contributed by atoms with Gasteiger partial charge in [-0.05, 0) is 102 Å². The Morgan fingerprint density at radius 3 is 2.63 bits per heavy atom. The first-order valence-electron chi connectivity index (χ1n) is 13.2. The molecule has 1 saturated heterocycles. The summed E-state index contributed by atoms with van der Waals surface area (Å²) in [5.41, 5.74) is 8.09. The van der Waals surface area contributed by atoms with E-state index in [2.05, 4.69) is 28.9 Å². The Labute approximate surface area is 225 Å². The largest absolute Gasteiger partial charge is 0.508 e. The third-order valence-corrected chi connectivity index (χ3v) is 7.44. The van der Waals surface area contributed by atoms with E-state index in [1.54, 1.807) is 13.2 Å². The number of likely N-dealkylation sites (tertiary alicyclic amines) is 1. The van der Waals surface area contributed by atoms with Crippen LogP contribution in [0, 0.1) is 6.92 Å². The van der Waals surface area contributed by atoms with Gasteiger partial charge < -0.3 is 14.6 Å². The zero-order chi connectivity index (χ0) is 25.8. The van der Waals surface area contributed by atoms with Crippen LogP contribution in [0.4, 0.5) is 4.39 Å². The van der Waals surface area contributed by atoms with E-state index in [0.29, 0.717) is 18.1 Å². The number of aromatic hydroxyl groups is 1. The van der Waals surface area contributed by atoms with Gasteiger partial charge in [0.1, 0.15) is 17.6 Å². The number of phenolic OH excluding ortho intramolecular Hbond substituents is 1. The monoisotopic (exact) mass is 518 g/mol. The molecule has 0 saturated carbocycles. The fourth-order valence-corrected chi connectivity index (χ4v) is 5.60. The normalized spacial score (nSPS) is 17.5. The number of aryl methyl sites for hydroxylation is 2. The number of rotatable bonds is 8. The second kappa shape index (κ2) is 12.4. The molecule has 5 nitrogen and oxygen atoms in total. The van der Waals surface area contributed by atoms with Crippen LogP contribution in [0.25, 0.3) is 11.1 Å². The Balaban J connectivity index is 0.00000336. The molecule has 1 aromatic heterocycles. The second-order valence-corrected chi connectivity index (χ2v) is 9.99. The van der Waals surface area contributed by atoms with E-state index in [1.165, 1.54) is 11.1 Å². The molecule has 2 aromatic carbocycles. The van der Waals surface area contributed by atoms with Crippen molar-refractivity contribution in [1.82, 2.24) is 9.88 Å². The Kier molecular flexibility index (Phi) is 9.05. The molecule has 3 aromatic rings. The average Bonchev–Trinajstić information content (AvgIpc) is 3.27. The number of hydrogen-bond acceptors (Lipinski definition) is 5. The topological polar surface area (TPSA) is 54.8 Å². The molecule has 5 rings (SSSR count). The lowest BCUT2D eigenvalue weighted by atomic mass is 9.87. The number of halogens is 1. The number of hydrogen-bond donors (Lipinski definition) is 1. The highest BCUT2D eigenvalue weighted by Crippen LogP contribution is 2.42. The summed E-state index contributed by atoms with van der Waals surface area (Å²) in [6.07, 6.45) is 6.40. The van der Waals surface area contributed by atoms with Crippen molar-refractivity contribution in [1.29, 1.82) is 0 Å². The minimum Gasteiger partial charge on any atom is -0.508 e. The number of alkyl halides is 1. The van der Waals surface area contributed by atoms with Gasteiger partial charge in [0.25, 0.3) is 0 Å². The van der Waals surface area contributed by atoms with E-state index < -0.39 is 0 Å². The molecule has 202 valence electrons. The van der Waals surface area contributed by atoms with Gasteiger partial charge in [-0.25, -0.2) is 4.98 Å². The molecule has 1 aliphatic carbocycles. The van der Waals surface area contributed by atoms with Crippen molar-refractivity contribution in [2.24, 2.45) is 0 Å². The summed E-state index contributed by atoms with van der Waals surface area (Å²) in [6.45, 7) is 4.43. The number of methoxy groups -OCH3 is 1. The van der Waals surface area contributed by atoms with Crippen molar-refractivity contribution in [3.05, 3.63) is 82.5 Å². The first-order chi connectivity index (χ1) is 18.1. The molecule has 2 heterocycles. The van der Waals surface area contributed by atoms with Crippen LogP contribution in [0.3, 0.4) is 0 Å². The zero-order valence-electron chi connectivity index (χ0n) is 21.7. The van der Waals surface area contributed by atoms with Crippen LogP contribution in [0.5, 0.6) is 17.4 Å². The Bertz CT molecular complexity index is 1270. The molecule has 1 fully saturated rings. The van der Waals surface area contributed by atoms with Gasteiger partial charge in [-0.2, -0.15) is 0 Å². The van der Waals surface area contributed by atoms with Crippen molar-refractivity contribution in [3.8, 4) is 17.4 Å². The summed E-state index contributed by atoms with van der Waals surface area (Å²) < 4.78 is 24.2. The van der Waals surface area contributed by atoms with Gasteiger partial charge in [0.15, 0.2) is 0 Å². The lowest BCUT2D eigenvalue weighted by molar-refractivity contribution is 0.198. The van der Waals surface area contributed by atoms with Gasteiger partial charge in [0, 0.05) is 31.9 Å².